The van der Waals surface area contributed by atoms with Crippen LogP contribution in [0.5, 0.6) is 0 Å². The van der Waals surface area contributed by atoms with Crippen molar-refractivity contribution in [1.29, 1.82) is 0 Å². The molecule has 8 nitrogen and oxygen atoms in total. The van der Waals surface area contributed by atoms with Crippen LogP contribution in [0.2, 0.25) is 0 Å². The molecule has 2 aliphatic rings. The third-order valence-electron chi connectivity index (χ3n) is 8.65. The summed E-state index contributed by atoms with van der Waals surface area (Å²) in [5.74, 6) is -0.726. The summed E-state index contributed by atoms with van der Waals surface area (Å²) in [4.78, 5) is 38.3. The Balaban J connectivity index is 1.25. The minimum atomic E-state index is -1.24. The molecule has 1 saturated heterocycles. The molecule has 43 heavy (non-hydrogen) atoms. The predicted molar refractivity (Wildman–Crippen MR) is 163 cm³/mol. The van der Waals surface area contributed by atoms with E-state index in [9.17, 15) is 14.0 Å². The number of pyridine rings is 1. The molecular formula is C32H30F2N6O2S. The minimum absolute atomic E-state index is 0.0764. The van der Waals surface area contributed by atoms with Gasteiger partial charge < -0.3 is 9.47 Å². The highest BCUT2D eigenvalue weighted by molar-refractivity contribution is 7.13. The van der Waals surface area contributed by atoms with Crippen LogP contribution in [-0.4, -0.2) is 56.2 Å². The maximum Gasteiger partial charge on any atom is 0.262 e. The van der Waals surface area contributed by atoms with Crippen LogP contribution in [0.3, 0.4) is 0 Å². The van der Waals surface area contributed by atoms with Crippen LogP contribution in [0.25, 0.3) is 21.9 Å². The van der Waals surface area contributed by atoms with Crippen LogP contribution >= 0.6 is 11.3 Å². The van der Waals surface area contributed by atoms with Crippen molar-refractivity contribution in [2.75, 3.05) is 25.5 Å². The van der Waals surface area contributed by atoms with Gasteiger partial charge in [0.25, 0.3) is 11.5 Å². The zero-order chi connectivity index (χ0) is 29.7. The van der Waals surface area contributed by atoms with E-state index >= 15 is 4.39 Å². The monoisotopic (exact) mass is 600 g/mol. The van der Waals surface area contributed by atoms with E-state index in [1.165, 1.54) is 40.1 Å². The van der Waals surface area contributed by atoms with E-state index in [-0.39, 0.29) is 24.0 Å². The first-order valence-corrected chi connectivity index (χ1v) is 15.3. The molecule has 220 valence electrons. The Morgan fingerprint density at radius 2 is 1.88 bits per heavy atom. The van der Waals surface area contributed by atoms with E-state index in [0.717, 1.165) is 31.5 Å². The molecule has 11 heteroatoms. The molecule has 2 aromatic carbocycles. The summed E-state index contributed by atoms with van der Waals surface area (Å²) in [6, 6.07) is 11.8. The van der Waals surface area contributed by atoms with Crippen molar-refractivity contribution in [3.05, 3.63) is 99.7 Å². The molecule has 7 rings (SSSR count). The SMILES string of the molecule is CN1CCC(c2ccc(-c3cc(F)c4c(=O)n(C(C(=O)Nc5nccs5)c5ncn6c5C[C@@H](F)C6)ccc4c3)cc2)CC1. The lowest BCUT2D eigenvalue weighted by molar-refractivity contribution is -0.118. The van der Waals surface area contributed by atoms with Gasteiger partial charge in [0.15, 0.2) is 11.2 Å². The number of hydrogen-bond donors (Lipinski definition) is 1. The summed E-state index contributed by atoms with van der Waals surface area (Å²) in [6.07, 6.45) is 5.71. The van der Waals surface area contributed by atoms with Crippen molar-refractivity contribution in [2.24, 2.45) is 0 Å². The van der Waals surface area contributed by atoms with Gasteiger partial charge in [-0.15, -0.1) is 11.3 Å². The lowest BCUT2D eigenvalue weighted by atomic mass is 9.88. The van der Waals surface area contributed by atoms with Gasteiger partial charge in [-0.2, -0.15) is 0 Å². The number of imidazole rings is 1. The first-order valence-electron chi connectivity index (χ1n) is 14.4. The second-order valence-electron chi connectivity index (χ2n) is 11.4. The van der Waals surface area contributed by atoms with Gasteiger partial charge in [-0.05, 0) is 79.2 Å². The normalized spacial score (nSPS) is 18.2. The first kappa shape index (κ1) is 27.6. The van der Waals surface area contributed by atoms with E-state index in [1.807, 2.05) is 12.1 Å². The molecule has 0 radical (unpaired) electrons. The molecule has 1 unspecified atom stereocenters. The third kappa shape index (κ3) is 5.16. The number of rotatable bonds is 6. The number of nitrogens with zero attached hydrogens (tertiary/aromatic N) is 5. The molecule has 5 aromatic rings. The van der Waals surface area contributed by atoms with Gasteiger partial charge in [-0.25, -0.2) is 18.7 Å². The van der Waals surface area contributed by atoms with Gasteiger partial charge in [0.05, 0.1) is 24.0 Å². The molecule has 0 bridgehead atoms. The molecule has 1 fully saturated rings. The van der Waals surface area contributed by atoms with E-state index < -0.39 is 29.5 Å². The Morgan fingerprint density at radius 1 is 1.09 bits per heavy atom. The largest absolute Gasteiger partial charge is 0.331 e. The number of amides is 1. The number of hydrogen-bond acceptors (Lipinski definition) is 6. The van der Waals surface area contributed by atoms with Crippen molar-refractivity contribution in [3.8, 4) is 11.1 Å². The van der Waals surface area contributed by atoms with Crippen molar-refractivity contribution in [3.63, 3.8) is 0 Å². The second-order valence-corrected chi connectivity index (χ2v) is 12.3. The number of nitrogens with one attached hydrogen (secondary N) is 1. The number of carbonyl (C=O) groups excluding carboxylic acids is 1. The number of carbonyl (C=O) groups is 1. The highest BCUT2D eigenvalue weighted by Crippen LogP contribution is 2.32. The summed E-state index contributed by atoms with van der Waals surface area (Å²) in [6.45, 7) is 2.28. The number of piperidine rings is 1. The molecule has 5 heterocycles. The van der Waals surface area contributed by atoms with E-state index in [1.54, 1.807) is 28.3 Å². The smallest absolute Gasteiger partial charge is 0.262 e. The lowest BCUT2D eigenvalue weighted by Crippen LogP contribution is -2.35. The fourth-order valence-electron chi connectivity index (χ4n) is 6.36. The van der Waals surface area contributed by atoms with E-state index in [2.05, 4.69) is 39.4 Å². The van der Waals surface area contributed by atoms with Crippen LogP contribution in [0.1, 0.15) is 41.8 Å². The number of alkyl halides is 1. The standard InChI is InChI=1S/C32H30F2N6O2S/c1-38-10-6-21(7-11-38)19-2-4-20(5-3-19)23-14-22-8-12-40(31(42)27(22)25(34)15-23)29(30(41)37-32-35-9-13-43-32)28-26-16-24(33)17-39(26)18-36-28/h2-5,8-9,12-15,18,21,24,29H,6-7,10-11,16-17H2,1H3,(H,35,37,41)/t24-,29?/m1/s1. The second kappa shape index (κ2) is 11.1. The van der Waals surface area contributed by atoms with Gasteiger partial charge in [-0.3, -0.25) is 19.5 Å². The molecule has 2 atom stereocenters. The summed E-state index contributed by atoms with van der Waals surface area (Å²) in [5, 5.41) is 5.09. The summed E-state index contributed by atoms with van der Waals surface area (Å²) >= 11 is 1.23. The van der Waals surface area contributed by atoms with Gasteiger partial charge in [-0.1, -0.05) is 24.3 Å². The van der Waals surface area contributed by atoms with Crippen LogP contribution in [0.15, 0.2) is 71.4 Å². The Hall–Kier alpha value is -4.22. The highest BCUT2D eigenvalue weighted by atomic mass is 32.1. The van der Waals surface area contributed by atoms with Gasteiger partial charge in [0, 0.05) is 29.9 Å². The molecule has 1 N–H and O–H groups in total. The zero-order valence-corrected chi connectivity index (χ0v) is 24.4. The molecule has 0 aliphatic carbocycles. The maximum atomic E-state index is 15.8. The number of benzene rings is 2. The van der Waals surface area contributed by atoms with E-state index in [4.69, 9.17) is 0 Å². The van der Waals surface area contributed by atoms with Gasteiger partial charge in [0.2, 0.25) is 0 Å². The topological polar surface area (TPSA) is 85.1 Å². The lowest BCUT2D eigenvalue weighted by Gasteiger charge is -2.29. The Labute approximate surface area is 250 Å². The van der Waals surface area contributed by atoms with Crippen LogP contribution in [-0.2, 0) is 17.8 Å². The van der Waals surface area contributed by atoms with Crippen LogP contribution in [0, 0.1) is 5.82 Å². The Morgan fingerprint density at radius 3 is 2.63 bits per heavy atom. The van der Waals surface area contributed by atoms with Crippen molar-refractivity contribution >= 4 is 33.1 Å². The molecule has 3 aromatic heterocycles. The molecule has 1 amide bonds. The summed E-state index contributed by atoms with van der Waals surface area (Å²) in [7, 11) is 2.14. The van der Waals surface area contributed by atoms with Crippen molar-refractivity contribution in [2.45, 2.75) is 43.9 Å². The van der Waals surface area contributed by atoms with Crippen molar-refractivity contribution < 1.29 is 13.6 Å². The molecular weight excluding hydrogens is 570 g/mol. The molecule has 2 aliphatic heterocycles. The average Bonchev–Trinajstić information content (AvgIpc) is 3.73. The molecule has 0 saturated carbocycles. The zero-order valence-electron chi connectivity index (χ0n) is 23.5. The van der Waals surface area contributed by atoms with Gasteiger partial charge in [0.1, 0.15) is 12.0 Å². The number of thiazole rings is 1. The summed E-state index contributed by atoms with van der Waals surface area (Å²) < 4.78 is 32.9. The number of aromatic nitrogens is 4. The van der Waals surface area contributed by atoms with Gasteiger partial charge >= 0.3 is 0 Å². The number of fused-ring (bicyclic) bond motifs is 2. The third-order valence-corrected chi connectivity index (χ3v) is 9.34. The Kier molecular flexibility index (Phi) is 7.14. The van der Waals surface area contributed by atoms with E-state index in [0.29, 0.717) is 27.7 Å². The highest BCUT2D eigenvalue weighted by Gasteiger charge is 2.34. The minimum Gasteiger partial charge on any atom is -0.331 e. The van der Waals surface area contributed by atoms with Crippen LogP contribution < -0.4 is 10.9 Å². The summed E-state index contributed by atoms with van der Waals surface area (Å²) in [5.41, 5.74) is 2.94. The first-order chi connectivity index (χ1) is 20.9. The fourth-order valence-corrected chi connectivity index (χ4v) is 6.89. The maximum absolute atomic E-state index is 15.8. The average molecular weight is 601 g/mol. The number of anilines is 1. The van der Waals surface area contributed by atoms with Crippen molar-refractivity contribution in [1.82, 2.24) is 24.0 Å². The van der Waals surface area contributed by atoms with Crippen LogP contribution in [0.4, 0.5) is 13.9 Å². The molecule has 0 spiro atoms. The quantitative estimate of drug-likeness (QED) is 0.283. The predicted octanol–water partition coefficient (Wildman–Crippen LogP) is 5.39. The number of halogens is 2. The fraction of sp³-hybridized carbons (Fsp3) is 0.312. The number of likely N-dealkylation sites (tertiary alicyclic amines) is 1. The Bertz CT molecular complexity index is 1860.